The average Bonchev–Trinajstić information content (AvgIpc) is 3.43. The maximum atomic E-state index is 14.4. The molecule has 2 heterocycles. The maximum Gasteiger partial charge on any atom is 0.272 e. The molecule has 1 aliphatic carbocycles. The molecule has 2 aliphatic rings. The fraction of sp³-hybridized carbons (Fsp3) is 0.385. The summed E-state index contributed by atoms with van der Waals surface area (Å²) in [5.41, 5.74) is 5.03. The zero-order valence-electron chi connectivity index (χ0n) is 19.1. The van der Waals surface area contributed by atoms with E-state index in [4.69, 9.17) is 0 Å². The van der Waals surface area contributed by atoms with Gasteiger partial charge >= 0.3 is 0 Å². The first-order valence-electron chi connectivity index (χ1n) is 11.7. The van der Waals surface area contributed by atoms with E-state index in [0.717, 1.165) is 68.8 Å². The second kappa shape index (κ2) is 9.45. The number of carbonyl (C=O) groups excluding carboxylic acids is 1. The summed E-state index contributed by atoms with van der Waals surface area (Å²) in [6.07, 6.45) is 2.56. The molecule has 1 N–H and O–H groups in total. The lowest BCUT2D eigenvalue weighted by Gasteiger charge is -2.32. The van der Waals surface area contributed by atoms with Crippen LogP contribution in [0, 0.1) is 5.82 Å². The van der Waals surface area contributed by atoms with Gasteiger partial charge in [-0.3, -0.25) is 9.69 Å². The Balaban J connectivity index is 1.27. The standard InChI is InChI=1S/C26H30FN5O/c1-30-12-14-31(15-13-30)18-20-7-4-6-19(16-20)17-28-26(33)25-21-8-5-11-23(21)32(29-25)24-10-3-2-9-22(24)27/h2-4,6-7,9-10,16H,5,8,11-15,17-18H2,1H3,(H,28,33). The Morgan fingerprint density at radius 3 is 2.64 bits per heavy atom. The summed E-state index contributed by atoms with van der Waals surface area (Å²) >= 11 is 0. The number of nitrogens with zero attached hydrogens (tertiary/aromatic N) is 4. The van der Waals surface area contributed by atoms with Crippen molar-refractivity contribution < 1.29 is 9.18 Å². The number of nitrogens with one attached hydrogen (secondary N) is 1. The lowest BCUT2D eigenvalue weighted by Crippen LogP contribution is -2.43. The van der Waals surface area contributed by atoms with E-state index >= 15 is 0 Å². The number of fused-ring (bicyclic) bond motifs is 1. The van der Waals surface area contributed by atoms with Gasteiger partial charge in [-0.05, 0) is 49.6 Å². The summed E-state index contributed by atoms with van der Waals surface area (Å²) in [4.78, 5) is 17.9. The van der Waals surface area contributed by atoms with Crippen molar-refractivity contribution in [2.45, 2.75) is 32.4 Å². The number of hydrogen-bond acceptors (Lipinski definition) is 4. The lowest BCUT2D eigenvalue weighted by atomic mass is 10.1. The van der Waals surface area contributed by atoms with Crippen molar-refractivity contribution in [3.8, 4) is 5.69 Å². The van der Waals surface area contributed by atoms with E-state index < -0.39 is 0 Å². The zero-order valence-corrected chi connectivity index (χ0v) is 19.1. The van der Waals surface area contributed by atoms with Crippen LogP contribution in [0.1, 0.15) is 39.3 Å². The van der Waals surface area contributed by atoms with Gasteiger partial charge in [-0.25, -0.2) is 9.07 Å². The Hall–Kier alpha value is -3.03. The highest BCUT2D eigenvalue weighted by Gasteiger charge is 2.27. The predicted octanol–water partition coefficient (Wildman–Crippen LogP) is 3.18. The van der Waals surface area contributed by atoms with Crippen LogP contribution in [0.5, 0.6) is 0 Å². The third-order valence-electron chi connectivity index (χ3n) is 6.67. The Labute approximate surface area is 194 Å². The van der Waals surface area contributed by atoms with Crippen molar-refractivity contribution in [2.75, 3.05) is 33.2 Å². The molecule has 0 bridgehead atoms. The van der Waals surface area contributed by atoms with E-state index in [-0.39, 0.29) is 11.7 Å². The van der Waals surface area contributed by atoms with E-state index in [1.165, 1.54) is 11.6 Å². The lowest BCUT2D eigenvalue weighted by molar-refractivity contribution is 0.0944. The fourth-order valence-electron chi connectivity index (χ4n) is 4.81. The van der Waals surface area contributed by atoms with Crippen LogP contribution in [0.4, 0.5) is 4.39 Å². The summed E-state index contributed by atoms with van der Waals surface area (Å²) in [5, 5.41) is 7.56. The number of halogens is 1. The Morgan fingerprint density at radius 2 is 1.82 bits per heavy atom. The van der Waals surface area contributed by atoms with Gasteiger partial charge in [0.25, 0.3) is 5.91 Å². The molecule has 1 amide bonds. The minimum Gasteiger partial charge on any atom is -0.347 e. The molecule has 0 atom stereocenters. The summed E-state index contributed by atoms with van der Waals surface area (Å²) in [6.45, 7) is 5.71. The molecule has 33 heavy (non-hydrogen) atoms. The monoisotopic (exact) mass is 447 g/mol. The fourth-order valence-corrected chi connectivity index (χ4v) is 4.81. The first kappa shape index (κ1) is 21.8. The van der Waals surface area contributed by atoms with Crippen LogP contribution in [0.25, 0.3) is 5.69 Å². The molecule has 1 aromatic heterocycles. The van der Waals surface area contributed by atoms with E-state index in [0.29, 0.717) is 17.9 Å². The summed E-state index contributed by atoms with van der Waals surface area (Å²) in [5.74, 6) is -0.536. The maximum absolute atomic E-state index is 14.4. The molecule has 5 rings (SSSR count). The van der Waals surface area contributed by atoms with Crippen molar-refractivity contribution in [3.63, 3.8) is 0 Å². The number of likely N-dealkylation sites (N-methyl/N-ethyl adjacent to an activating group) is 1. The number of amides is 1. The number of rotatable bonds is 6. The number of hydrogen-bond donors (Lipinski definition) is 1. The zero-order chi connectivity index (χ0) is 22.8. The van der Waals surface area contributed by atoms with Gasteiger partial charge in [-0.2, -0.15) is 5.10 Å². The molecule has 1 fully saturated rings. The molecule has 6 nitrogen and oxygen atoms in total. The highest BCUT2D eigenvalue weighted by Crippen LogP contribution is 2.28. The highest BCUT2D eigenvalue weighted by atomic mass is 19.1. The van der Waals surface area contributed by atoms with Crippen molar-refractivity contribution in [1.82, 2.24) is 24.9 Å². The van der Waals surface area contributed by atoms with Crippen LogP contribution in [0.15, 0.2) is 48.5 Å². The minimum absolute atomic E-state index is 0.201. The van der Waals surface area contributed by atoms with Gasteiger partial charge in [0.1, 0.15) is 11.5 Å². The molecule has 3 aromatic rings. The highest BCUT2D eigenvalue weighted by molar-refractivity contribution is 5.94. The normalized spacial score (nSPS) is 16.7. The third kappa shape index (κ3) is 4.70. The Morgan fingerprint density at radius 1 is 1.03 bits per heavy atom. The first-order chi connectivity index (χ1) is 16.1. The first-order valence-corrected chi connectivity index (χ1v) is 11.7. The van der Waals surface area contributed by atoms with Crippen LogP contribution in [-0.4, -0.2) is 58.7 Å². The van der Waals surface area contributed by atoms with Crippen LogP contribution >= 0.6 is 0 Å². The molecule has 1 saturated heterocycles. The van der Waals surface area contributed by atoms with Gasteiger partial charge in [-0.15, -0.1) is 0 Å². The number of para-hydroxylation sites is 1. The van der Waals surface area contributed by atoms with E-state index in [1.807, 2.05) is 6.07 Å². The number of piperazine rings is 1. The molecule has 0 unspecified atom stereocenters. The van der Waals surface area contributed by atoms with Crippen LogP contribution in [-0.2, 0) is 25.9 Å². The van der Waals surface area contributed by atoms with Gasteiger partial charge in [0.15, 0.2) is 5.69 Å². The second-order valence-corrected chi connectivity index (χ2v) is 9.07. The molecule has 1 aliphatic heterocycles. The Kier molecular flexibility index (Phi) is 6.24. The third-order valence-corrected chi connectivity index (χ3v) is 6.67. The SMILES string of the molecule is CN1CCN(Cc2cccc(CNC(=O)c3nn(-c4ccccc4F)c4c3CCC4)c2)CC1. The molecule has 0 spiro atoms. The summed E-state index contributed by atoms with van der Waals surface area (Å²) in [7, 11) is 2.16. The predicted molar refractivity (Wildman–Crippen MR) is 126 cm³/mol. The molecule has 0 saturated carbocycles. The summed E-state index contributed by atoms with van der Waals surface area (Å²) < 4.78 is 16.0. The largest absolute Gasteiger partial charge is 0.347 e. The van der Waals surface area contributed by atoms with Gasteiger partial charge in [0.05, 0.1) is 0 Å². The average molecular weight is 448 g/mol. The summed E-state index contributed by atoms with van der Waals surface area (Å²) in [6, 6.07) is 15.0. The smallest absolute Gasteiger partial charge is 0.272 e. The van der Waals surface area contributed by atoms with Crippen LogP contribution in [0.3, 0.4) is 0 Å². The molecule has 2 aromatic carbocycles. The quantitative estimate of drug-likeness (QED) is 0.631. The molecule has 0 radical (unpaired) electrons. The number of aromatic nitrogens is 2. The van der Waals surface area contributed by atoms with E-state index in [1.54, 1.807) is 22.9 Å². The van der Waals surface area contributed by atoms with Crippen LogP contribution < -0.4 is 5.32 Å². The van der Waals surface area contributed by atoms with Crippen LogP contribution in [0.2, 0.25) is 0 Å². The topological polar surface area (TPSA) is 53.4 Å². The van der Waals surface area contributed by atoms with Gasteiger partial charge in [0, 0.05) is 50.5 Å². The molecule has 7 heteroatoms. The van der Waals surface area contributed by atoms with Crippen molar-refractivity contribution in [2.24, 2.45) is 0 Å². The van der Waals surface area contributed by atoms with Gasteiger partial charge in [0.2, 0.25) is 0 Å². The van der Waals surface area contributed by atoms with Gasteiger partial charge < -0.3 is 10.2 Å². The van der Waals surface area contributed by atoms with E-state index in [2.05, 4.69) is 45.5 Å². The Bertz CT molecular complexity index is 1150. The number of carbonyl (C=O) groups is 1. The van der Waals surface area contributed by atoms with Crippen molar-refractivity contribution in [3.05, 3.63) is 82.4 Å². The van der Waals surface area contributed by atoms with Crippen molar-refractivity contribution in [1.29, 1.82) is 0 Å². The molecular formula is C26H30FN5O. The number of benzene rings is 2. The molecule has 172 valence electrons. The molecular weight excluding hydrogens is 417 g/mol. The minimum atomic E-state index is -0.334. The van der Waals surface area contributed by atoms with E-state index in [9.17, 15) is 9.18 Å². The van der Waals surface area contributed by atoms with Crippen molar-refractivity contribution >= 4 is 5.91 Å². The van der Waals surface area contributed by atoms with Gasteiger partial charge in [-0.1, -0.05) is 36.4 Å². The second-order valence-electron chi connectivity index (χ2n) is 9.07.